The van der Waals surface area contributed by atoms with E-state index in [-0.39, 0.29) is 35.8 Å². The Hall–Kier alpha value is -2.46. The summed E-state index contributed by atoms with van der Waals surface area (Å²) in [5.74, 6) is -0.579. The molecule has 1 amide bonds. The van der Waals surface area contributed by atoms with E-state index in [4.69, 9.17) is 27.9 Å². The summed E-state index contributed by atoms with van der Waals surface area (Å²) in [6.45, 7) is 5.23. The first kappa shape index (κ1) is 32.1. The molecule has 0 saturated heterocycles. The number of carbonyl (C=O) groups is 1. The summed E-state index contributed by atoms with van der Waals surface area (Å²) in [6.07, 6.45) is 0.283. The lowest BCUT2D eigenvalue weighted by Crippen LogP contribution is -2.48. The molecule has 0 saturated carbocycles. The smallest absolute Gasteiger partial charge is 0.251 e. The molecule has 0 aromatic heterocycles. The first-order valence-corrected chi connectivity index (χ1v) is 15.6. The highest BCUT2D eigenvalue weighted by Crippen LogP contribution is 2.21. The lowest BCUT2D eigenvalue weighted by molar-refractivity contribution is 0.0830. The number of aryl methyl sites for hydroxylation is 1. The number of amides is 1. The van der Waals surface area contributed by atoms with E-state index < -0.39 is 27.9 Å². The van der Waals surface area contributed by atoms with Gasteiger partial charge in [0.2, 0.25) is 0 Å². The molecule has 0 fully saturated rings. The molecule has 10 heteroatoms. The van der Waals surface area contributed by atoms with Gasteiger partial charge in [0.1, 0.15) is 0 Å². The van der Waals surface area contributed by atoms with Crippen molar-refractivity contribution in [1.82, 2.24) is 10.6 Å². The molecule has 40 heavy (non-hydrogen) atoms. The molecule has 0 aliphatic carbocycles. The summed E-state index contributed by atoms with van der Waals surface area (Å²) in [5, 5.41) is 18.2. The van der Waals surface area contributed by atoms with E-state index in [0.29, 0.717) is 23.2 Å². The van der Waals surface area contributed by atoms with Crippen LogP contribution in [0.5, 0.6) is 0 Å². The Morgan fingerprint density at radius 2 is 1.62 bits per heavy atom. The predicted octanol–water partition coefficient (Wildman–Crippen LogP) is 4.86. The van der Waals surface area contributed by atoms with Crippen LogP contribution in [0.25, 0.3) is 0 Å². The molecule has 0 aliphatic heterocycles. The van der Waals surface area contributed by atoms with Gasteiger partial charge in [-0.15, -0.1) is 0 Å². The maximum absolute atomic E-state index is 13.2. The van der Waals surface area contributed by atoms with Gasteiger partial charge in [-0.05, 0) is 78.9 Å². The van der Waals surface area contributed by atoms with Crippen LogP contribution in [0.4, 0.5) is 0 Å². The third kappa shape index (κ3) is 9.87. The molecule has 2 atom stereocenters. The SMILES string of the molecule is CCOCCS(=O)(=O)c1ccc(C(=O)N[C@@H](Cc2cc(Cl)cc(Cl)c2)[C@H](O)CNCc2cccc(CC)c2)cc1. The minimum absolute atomic E-state index is 0.103. The van der Waals surface area contributed by atoms with Crippen molar-refractivity contribution in [1.29, 1.82) is 0 Å². The van der Waals surface area contributed by atoms with Gasteiger partial charge in [0.25, 0.3) is 5.91 Å². The summed E-state index contributed by atoms with van der Waals surface area (Å²) in [6, 6.07) is 18.4. The summed E-state index contributed by atoms with van der Waals surface area (Å²) < 4.78 is 30.2. The minimum Gasteiger partial charge on any atom is -0.390 e. The van der Waals surface area contributed by atoms with Crippen LogP contribution in [0, 0.1) is 0 Å². The predicted molar refractivity (Wildman–Crippen MR) is 160 cm³/mol. The number of sulfone groups is 1. The Bertz CT molecular complexity index is 1350. The maximum Gasteiger partial charge on any atom is 0.251 e. The van der Waals surface area contributed by atoms with Crippen molar-refractivity contribution in [2.45, 2.75) is 50.3 Å². The highest BCUT2D eigenvalue weighted by atomic mass is 35.5. The highest BCUT2D eigenvalue weighted by Gasteiger charge is 2.23. The number of halogens is 2. The van der Waals surface area contributed by atoms with Gasteiger partial charge in [-0.1, -0.05) is 54.4 Å². The molecule has 3 aromatic carbocycles. The Morgan fingerprint density at radius 3 is 2.27 bits per heavy atom. The van der Waals surface area contributed by atoms with E-state index in [0.717, 1.165) is 17.5 Å². The highest BCUT2D eigenvalue weighted by molar-refractivity contribution is 7.91. The van der Waals surface area contributed by atoms with Crippen molar-refractivity contribution in [3.63, 3.8) is 0 Å². The fraction of sp³-hybridized carbons (Fsp3) is 0.367. The minimum atomic E-state index is -3.53. The van der Waals surface area contributed by atoms with E-state index in [2.05, 4.69) is 29.7 Å². The number of ether oxygens (including phenoxy) is 1. The van der Waals surface area contributed by atoms with Gasteiger partial charge in [-0.2, -0.15) is 0 Å². The Balaban J connectivity index is 1.71. The molecule has 0 aliphatic rings. The van der Waals surface area contributed by atoms with Crippen molar-refractivity contribution in [2.75, 3.05) is 25.5 Å². The Kier molecular flexibility index (Phi) is 12.4. The first-order valence-electron chi connectivity index (χ1n) is 13.2. The van der Waals surface area contributed by atoms with Gasteiger partial charge in [0.15, 0.2) is 9.84 Å². The van der Waals surface area contributed by atoms with E-state index in [1.807, 2.05) is 12.1 Å². The second-order valence-corrected chi connectivity index (χ2v) is 12.5. The van der Waals surface area contributed by atoms with Crippen LogP contribution in [-0.2, 0) is 34.0 Å². The number of benzene rings is 3. The third-order valence-electron chi connectivity index (χ3n) is 6.42. The van der Waals surface area contributed by atoms with Gasteiger partial charge in [-0.3, -0.25) is 4.79 Å². The van der Waals surface area contributed by atoms with E-state index in [9.17, 15) is 18.3 Å². The second-order valence-electron chi connectivity index (χ2n) is 9.47. The molecule has 0 heterocycles. The van der Waals surface area contributed by atoms with Crippen LogP contribution in [0.1, 0.15) is 40.9 Å². The van der Waals surface area contributed by atoms with Crippen LogP contribution in [0.15, 0.2) is 71.6 Å². The number of aliphatic hydroxyl groups is 1. The lowest BCUT2D eigenvalue weighted by atomic mass is 10.00. The quantitative estimate of drug-likeness (QED) is 0.213. The molecule has 3 N–H and O–H groups in total. The van der Waals surface area contributed by atoms with E-state index in [1.54, 1.807) is 25.1 Å². The molecule has 0 unspecified atom stereocenters. The van der Waals surface area contributed by atoms with Crippen LogP contribution >= 0.6 is 23.2 Å². The fourth-order valence-electron chi connectivity index (χ4n) is 4.23. The number of rotatable bonds is 15. The third-order valence-corrected chi connectivity index (χ3v) is 8.55. The van der Waals surface area contributed by atoms with Crippen molar-refractivity contribution in [3.8, 4) is 0 Å². The van der Waals surface area contributed by atoms with Gasteiger partial charge < -0.3 is 20.5 Å². The van der Waals surface area contributed by atoms with Crippen LogP contribution in [0.2, 0.25) is 10.0 Å². The maximum atomic E-state index is 13.2. The summed E-state index contributed by atoms with van der Waals surface area (Å²) in [7, 11) is -3.53. The van der Waals surface area contributed by atoms with Crippen molar-refractivity contribution >= 4 is 38.9 Å². The summed E-state index contributed by atoms with van der Waals surface area (Å²) in [5.41, 5.74) is 3.36. The van der Waals surface area contributed by atoms with Gasteiger partial charge >= 0.3 is 0 Å². The first-order chi connectivity index (χ1) is 19.1. The monoisotopic (exact) mass is 606 g/mol. The molecule has 216 valence electrons. The molecule has 7 nitrogen and oxygen atoms in total. The zero-order valence-corrected chi connectivity index (χ0v) is 25.0. The number of nitrogens with one attached hydrogen (secondary N) is 2. The van der Waals surface area contributed by atoms with Crippen molar-refractivity contribution in [2.24, 2.45) is 0 Å². The average molecular weight is 608 g/mol. The summed E-state index contributed by atoms with van der Waals surface area (Å²) >= 11 is 12.4. The number of hydrogen-bond acceptors (Lipinski definition) is 6. The largest absolute Gasteiger partial charge is 0.390 e. The lowest BCUT2D eigenvalue weighted by Gasteiger charge is -2.25. The Morgan fingerprint density at radius 1 is 0.950 bits per heavy atom. The molecule has 0 radical (unpaired) electrons. The molecule has 0 bridgehead atoms. The average Bonchev–Trinajstić information content (AvgIpc) is 2.92. The molecular weight excluding hydrogens is 571 g/mol. The molecule has 0 spiro atoms. The molecule has 3 rings (SSSR count). The van der Waals surface area contributed by atoms with Gasteiger partial charge in [-0.25, -0.2) is 8.42 Å². The molecular formula is C30H36Cl2N2O5S. The van der Waals surface area contributed by atoms with Crippen molar-refractivity contribution in [3.05, 3.63) is 99.0 Å². The zero-order valence-electron chi connectivity index (χ0n) is 22.7. The summed E-state index contributed by atoms with van der Waals surface area (Å²) in [4.78, 5) is 13.3. The van der Waals surface area contributed by atoms with E-state index >= 15 is 0 Å². The standard InChI is InChI=1S/C30H36Cl2N2O5S/c1-3-21-6-5-7-22(14-21)19-33-20-29(35)28(17-23-15-25(31)18-26(32)16-23)34-30(36)24-8-10-27(11-9-24)40(37,38)13-12-39-4-2/h5-11,14-16,18,28-29,33,35H,3-4,12-13,17,19-20H2,1-2H3,(H,34,36)/t28-,29+/m0/s1. The fourth-order valence-corrected chi connectivity index (χ4v) is 5.92. The van der Waals surface area contributed by atoms with Gasteiger partial charge in [0, 0.05) is 35.3 Å². The van der Waals surface area contributed by atoms with Crippen LogP contribution in [-0.4, -0.2) is 57.1 Å². The number of carbonyl (C=O) groups excluding carboxylic acids is 1. The number of hydrogen-bond donors (Lipinski definition) is 3. The second kappa shape index (κ2) is 15.5. The van der Waals surface area contributed by atoms with Crippen molar-refractivity contribution < 1.29 is 23.1 Å². The van der Waals surface area contributed by atoms with Crippen LogP contribution < -0.4 is 10.6 Å². The Labute approximate surface area is 246 Å². The topological polar surface area (TPSA) is 105 Å². The zero-order chi connectivity index (χ0) is 29.1. The molecule has 3 aromatic rings. The van der Waals surface area contributed by atoms with Gasteiger partial charge in [0.05, 0.1) is 29.4 Å². The van der Waals surface area contributed by atoms with E-state index in [1.165, 1.54) is 29.8 Å². The number of aliphatic hydroxyl groups excluding tert-OH is 1. The van der Waals surface area contributed by atoms with Crippen LogP contribution in [0.3, 0.4) is 0 Å². The normalized spacial score (nSPS) is 13.1.